The van der Waals surface area contributed by atoms with Crippen molar-refractivity contribution in [1.82, 2.24) is 15.6 Å². The molecule has 114 valence electrons. The Kier molecular flexibility index (Phi) is 5.33. The van der Waals surface area contributed by atoms with Crippen molar-refractivity contribution in [3.05, 3.63) is 0 Å². The van der Waals surface area contributed by atoms with Crippen LogP contribution < -0.4 is 16.6 Å². The first-order valence-corrected chi connectivity index (χ1v) is 7.24. The number of amides is 2. The Bertz CT molecular complexity index is 356. The summed E-state index contributed by atoms with van der Waals surface area (Å²) in [7, 11) is 0. The summed E-state index contributed by atoms with van der Waals surface area (Å²) < 4.78 is 5.70. The standard InChI is InChI=1S/C13H24N4O3/c1-9(18)15-10-4-6-17(7-5-10)8-11-2-3-12(20-11)13(19)16-14/h10-12H,2-8,14H2,1H3,(H,15,18)(H,16,19). The lowest BCUT2D eigenvalue weighted by atomic mass is 10.0. The van der Waals surface area contributed by atoms with Crippen molar-refractivity contribution in [3.63, 3.8) is 0 Å². The van der Waals surface area contributed by atoms with E-state index in [9.17, 15) is 9.59 Å². The maximum Gasteiger partial charge on any atom is 0.263 e. The summed E-state index contributed by atoms with van der Waals surface area (Å²) >= 11 is 0. The summed E-state index contributed by atoms with van der Waals surface area (Å²) in [6, 6.07) is 0.295. The van der Waals surface area contributed by atoms with E-state index < -0.39 is 6.10 Å². The fourth-order valence-corrected chi connectivity index (χ4v) is 2.96. The molecule has 2 rings (SSSR count). The highest BCUT2D eigenvalue weighted by Gasteiger charge is 2.32. The van der Waals surface area contributed by atoms with E-state index in [4.69, 9.17) is 10.6 Å². The lowest BCUT2D eigenvalue weighted by Crippen LogP contribution is -2.46. The number of nitrogens with two attached hydrogens (primary N) is 1. The van der Waals surface area contributed by atoms with Crippen LogP contribution in [0.2, 0.25) is 0 Å². The SMILES string of the molecule is CC(=O)NC1CCN(CC2CCC(C(=O)NN)O2)CC1. The molecule has 7 nitrogen and oxygen atoms in total. The lowest BCUT2D eigenvalue weighted by molar-refractivity contribution is -0.132. The summed E-state index contributed by atoms with van der Waals surface area (Å²) in [4.78, 5) is 24.7. The van der Waals surface area contributed by atoms with Gasteiger partial charge in [-0.1, -0.05) is 0 Å². The minimum atomic E-state index is -0.401. The summed E-state index contributed by atoms with van der Waals surface area (Å²) in [5.74, 6) is 4.91. The second-order valence-electron chi connectivity index (χ2n) is 5.61. The van der Waals surface area contributed by atoms with Crippen molar-refractivity contribution in [2.45, 2.75) is 50.9 Å². The molecule has 4 N–H and O–H groups in total. The van der Waals surface area contributed by atoms with Gasteiger partial charge in [0.25, 0.3) is 5.91 Å². The predicted octanol–water partition coefficient (Wildman–Crippen LogP) is -0.876. The Morgan fingerprint density at radius 2 is 1.95 bits per heavy atom. The molecule has 2 amide bonds. The van der Waals surface area contributed by atoms with Gasteiger partial charge in [-0.3, -0.25) is 15.0 Å². The molecule has 2 fully saturated rings. The number of rotatable bonds is 4. The monoisotopic (exact) mass is 284 g/mol. The Balaban J connectivity index is 1.69. The smallest absolute Gasteiger partial charge is 0.263 e. The zero-order valence-electron chi connectivity index (χ0n) is 11.9. The van der Waals surface area contributed by atoms with Gasteiger partial charge in [-0.2, -0.15) is 0 Å². The molecular weight excluding hydrogens is 260 g/mol. The van der Waals surface area contributed by atoms with Crippen LogP contribution in [0.5, 0.6) is 0 Å². The van der Waals surface area contributed by atoms with E-state index in [0.29, 0.717) is 6.04 Å². The van der Waals surface area contributed by atoms with Crippen LogP contribution in [-0.2, 0) is 14.3 Å². The third kappa shape index (κ3) is 4.16. The average molecular weight is 284 g/mol. The van der Waals surface area contributed by atoms with Crippen LogP contribution in [0, 0.1) is 0 Å². The fourth-order valence-electron chi connectivity index (χ4n) is 2.96. The van der Waals surface area contributed by atoms with E-state index in [1.165, 1.54) is 0 Å². The predicted molar refractivity (Wildman–Crippen MR) is 73.5 cm³/mol. The third-order valence-electron chi connectivity index (χ3n) is 4.00. The lowest BCUT2D eigenvalue weighted by Gasteiger charge is -2.33. The van der Waals surface area contributed by atoms with Crippen molar-refractivity contribution in [3.8, 4) is 0 Å². The molecule has 2 unspecified atom stereocenters. The van der Waals surface area contributed by atoms with Crippen LogP contribution in [0.1, 0.15) is 32.6 Å². The molecule has 2 atom stereocenters. The number of hydrogen-bond acceptors (Lipinski definition) is 5. The van der Waals surface area contributed by atoms with Gasteiger partial charge >= 0.3 is 0 Å². The molecule has 7 heteroatoms. The van der Waals surface area contributed by atoms with Gasteiger partial charge in [-0.25, -0.2) is 5.84 Å². The van der Waals surface area contributed by atoms with Gasteiger partial charge in [-0.15, -0.1) is 0 Å². The third-order valence-corrected chi connectivity index (χ3v) is 4.00. The highest BCUT2D eigenvalue weighted by atomic mass is 16.5. The number of nitrogens with one attached hydrogen (secondary N) is 2. The summed E-state index contributed by atoms with van der Waals surface area (Å²) in [6.45, 7) is 4.32. The van der Waals surface area contributed by atoms with Crippen molar-refractivity contribution in [2.75, 3.05) is 19.6 Å². The van der Waals surface area contributed by atoms with E-state index in [1.807, 2.05) is 0 Å². The minimum absolute atomic E-state index is 0.0400. The number of likely N-dealkylation sites (tertiary alicyclic amines) is 1. The zero-order valence-corrected chi connectivity index (χ0v) is 11.9. The number of piperidine rings is 1. The minimum Gasteiger partial charge on any atom is -0.364 e. The van der Waals surface area contributed by atoms with Crippen molar-refractivity contribution >= 4 is 11.8 Å². The topological polar surface area (TPSA) is 96.7 Å². The molecule has 0 saturated carbocycles. The molecule has 0 aromatic carbocycles. The van der Waals surface area contributed by atoms with Gasteiger partial charge in [0.1, 0.15) is 6.10 Å². The van der Waals surface area contributed by atoms with Gasteiger partial charge in [0.15, 0.2) is 0 Å². The average Bonchev–Trinajstić information content (AvgIpc) is 2.88. The number of hydrazine groups is 1. The Labute approximate surface area is 119 Å². The van der Waals surface area contributed by atoms with E-state index >= 15 is 0 Å². The van der Waals surface area contributed by atoms with Gasteiger partial charge in [-0.05, 0) is 25.7 Å². The molecule has 0 radical (unpaired) electrons. The number of ether oxygens (including phenoxy) is 1. The molecule has 0 aromatic rings. The molecule has 2 saturated heterocycles. The van der Waals surface area contributed by atoms with Crippen molar-refractivity contribution < 1.29 is 14.3 Å². The molecule has 20 heavy (non-hydrogen) atoms. The highest BCUT2D eigenvalue weighted by molar-refractivity contribution is 5.80. The fraction of sp³-hybridized carbons (Fsp3) is 0.846. The Morgan fingerprint density at radius 1 is 1.25 bits per heavy atom. The van der Waals surface area contributed by atoms with Crippen LogP contribution >= 0.6 is 0 Å². The number of carbonyl (C=O) groups is 2. The van der Waals surface area contributed by atoms with Crippen LogP contribution in [0.3, 0.4) is 0 Å². The van der Waals surface area contributed by atoms with Crippen LogP contribution in [0.15, 0.2) is 0 Å². The maximum absolute atomic E-state index is 11.4. The van der Waals surface area contributed by atoms with E-state index in [2.05, 4.69) is 15.6 Å². The normalized spacial score (nSPS) is 28.3. The number of nitrogens with zero attached hydrogens (tertiary/aromatic N) is 1. The Hall–Kier alpha value is -1.18. The van der Waals surface area contributed by atoms with E-state index in [0.717, 1.165) is 45.3 Å². The van der Waals surface area contributed by atoms with Gasteiger partial charge in [0.2, 0.25) is 5.91 Å². The first-order chi connectivity index (χ1) is 9.58. The highest BCUT2D eigenvalue weighted by Crippen LogP contribution is 2.22. The molecule has 0 spiro atoms. The van der Waals surface area contributed by atoms with Crippen molar-refractivity contribution in [2.24, 2.45) is 5.84 Å². The number of carbonyl (C=O) groups excluding carboxylic acids is 2. The first kappa shape index (κ1) is 15.2. The first-order valence-electron chi connectivity index (χ1n) is 7.24. The van der Waals surface area contributed by atoms with Gasteiger partial charge in [0, 0.05) is 32.6 Å². The molecule has 2 aliphatic rings. The van der Waals surface area contributed by atoms with E-state index in [-0.39, 0.29) is 17.9 Å². The van der Waals surface area contributed by atoms with Crippen molar-refractivity contribution in [1.29, 1.82) is 0 Å². The quantitative estimate of drug-likeness (QED) is 0.354. The van der Waals surface area contributed by atoms with E-state index in [1.54, 1.807) is 6.92 Å². The second kappa shape index (κ2) is 7.01. The zero-order chi connectivity index (χ0) is 14.5. The summed E-state index contributed by atoms with van der Waals surface area (Å²) in [5, 5.41) is 2.96. The molecule has 2 aliphatic heterocycles. The molecule has 2 heterocycles. The van der Waals surface area contributed by atoms with Crippen LogP contribution in [0.25, 0.3) is 0 Å². The molecule has 0 aliphatic carbocycles. The molecule has 0 aromatic heterocycles. The Morgan fingerprint density at radius 3 is 2.55 bits per heavy atom. The second-order valence-corrected chi connectivity index (χ2v) is 5.61. The largest absolute Gasteiger partial charge is 0.364 e. The van der Waals surface area contributed by atoms with Gasteiger partial charge in [0.05, 0.1) is 6.10 Å². The van der Waals surface area contributed by atoms with Crippen LogP contribution in [-0.4, -0.2) is 54.6 Å². The number of hydrogen-bond donors (Lipinski definition) is 3. The van der Waals surface area contributed by atoms with Gasteiger partial charge < -0.3 is 15.0 Å². The maximum atomic E-state index is 11.4. The summed E-state index contributed by atoms with van der Waals surface area (Å²) in [5.41, 5.74) is 2.14. The summed E-state index contributed by atoms with van der Waals surface area (Å²) in [6.07, 6.45) is 3.27. The molecule has 0 bridgehead atoms. The van der Waals surface area contributed by atoms with Crippen LogP contribution in [0.4, 0.5) is 0 Å². The molecular formula is C13H24N4O3.